The summed E-state index contributed by atoms with van der Waals surface area (Å²) in [5, 5.41) is 1.11. The summed E-state index contributed by atoms with van der Waals surface area (Å²) in [5.41, 5.74) is 0.907. The first-order chi connectivity index (χ1) is 12.5. The van der Waals surface area contributed by atoms with E-state index in [9.17, 15) is 9.59 Å². The number of aliphatic imine (C=N–C) groups is 1. The summed E-state index contributed by atoms with van der Waals surface area (Å²) < 4.78 is 10.6. The van der Waals surface area contributed by atoms with E-state index in [-0.39, 0.29) is 22.6 Å². The van der Waals surface area contributed by atoms with Crippen LogP contribution in [0.4, 0.5) is 0 Å². The number of hydrogen-bond donors (Lipinski definition) is 0. The first-order valence-electron chi connectivity index (χ1n) is 7.51. The van der Waals surface area contributed by atoms with Crippen molar-refractivity contribution < 1.29 is 13.9 Å². The number of benzene rings is 2. The SMILES string of the molecule is O=C1OC(c2ccc(Cl)c(Cl)c2)=N/C1=C/c1coc2ccccc2c1=O. The average molecular weight is 386 g/mol. The van der Waals surface area contributed by atoms with Crippen LogP contribution in [0.15, 0.2) is 68.6 Å². The maximum Gasteiger partial charge on any atom is 0.363 e. The number of nitrogens with zero attached hydrogens (tertiary/aromatic N) is 1. The summed E-state index contributed by atoms with van der Waals surface area (Å²) in [6.07, 6.45) is 2.63. The molecule has 0 N–H and O–H groups in total. The zero-order valence-corrected chi connectivity index (χ0v) is 14.5. The molecule has 0 spiro atoms. The number of halogens is 2. The average Bonchev–Trinajstić information content (AvgIpc) is 3.00. The van der Waals surface area contributed by atoms with Crippen molar-refractivity contribution in [1.29, 1.82) is 0 Å². The third kappa shape index (κ3) is 2.92. The van der Waals surface area contributed by atoms with Crippen LogP contribution in [0.5, 0.6) is 0 Å². The minimum atomic E-state index is -0.668. The molecule has 0 unspecified atom stereocenters. The number of carbonyl (C=O) groups is 1. The van der Waals surface area contributed by atoms with Crippen LogP contribution in [-0.2, 0) is 9.53 Å². The van der Waals surface area contributed by atoms with Gasteiger partial charge < -0.3 is 9.15 Å². The quantitative estimate of drug-likeness (QED) is 0.482. The van der Waals surface area contributed by atoms with Crippen LogP contribution in [0.1, 0.15) is 11.1 Å². The fraction of sp³-hybridized carbons (Fsp3) is 0. The summed E-state index contributed by atoms with van der Waals surface area (Å²) in [7, 11) is 0. The molecule has 0 amide bonds. The maximum absolute atomic E-state index is 12.5. The highest BCUT2D eigenvalue weighted by Gasteiger charge is 2.25. The molecule has 1 aliphatic heterocycles. The van der Waals surface area contributed by atoms with E-state index in [4.69, 9.17) is 32.4 Å². The van der Waals surface area contributed by atoms with Crippen LogP contribution < -0.4 is 5.43 Å². The van der Waals surface area contributed by atoms with Crippen LogP contribution in [0.2, 0.25) is 10.0 Å². The largest absolute Gasteiger partial charge is 0.463 e. The molecule has 3 aromatic rings. The number of para-hydroxylation sites is 1. The normalized spacial score (nSPS) is 15.4. The van der Waals surface area contributed by atoms with E-state index in [0.29, 0.717) is 26.6 Å². The van der Waals surface area contributed by atoms with Crippen molar-refractivity contribution in [3.8, 4) is 0 Å². The van der Waals surface area contributed by atoms with Gasteiger partial charge in [0.25, 0.3) is 0 Å². The molecule has 0 saturated carbocycles. The highest BCUT2D eigenvalue weighted by atomic mass is 35.5. The molecule has 1 aliphatic rings. The maximum atomic E-state index is 12.5. The lowest BCUT2D eigenvalue weighted by molar-refractivity contribution is -0.129. The smallest absolute Gasteiger partial charge is 0.363 e. The number of fused-ring (bicyclic) bond motifs is 1. The minimum absolute atomic E-state index is 0.00588. The number of ether oxygens (including phenoxy) is 1. The molecular weight excluding hydrogens is 377 g/mol. The van der Waals surface area contributed by atoms with E-state index in [2.05, 4.69) is 4.99 Å². The van der Waals surface area contributed by atoms with Crippen molar-refractivity contribution in [1.82, 2.24) is 0 Å². The Morgan fingerprint density at radius 3 is 2.62 bits per heavy atom. The molecule has 2 aromatic carbocycles. The molecule has 0 aliphatic carbocycles. The third-order valence-corrected chi connectivity index (χ3v) is 4.53. The lowest BCUT2D eigenvalue weighted by Gasteiger charge is -2.01. The number of rotatable bonds is 2. The Morgan fingerprint density at radius 1 is 1.00 bits per heavy atom. The van der Waals surface area contributed by atoms with Crippen LogP contribution in [0, 0.1) is 0 Å². The molecular formula is C19H9Cl2NO4. The first-order valence-corrected chi connectivity index (χ1v) is 8.27. The van der Waals surface area contributed by atoms with Gasteiger partial charge in [-0.15, -0.1) is 0 Å². The number of carbonyl (C=O) groups excluding carboxylic acids is 1. The lowest BCUT2D eigenvalue weighted by Crippen LogP contribution is -2.07. The van der Waals surface area contributed by atoms with Crippen molar-refractivity contribution in [3.05, 3.63) is 85.8 Å². The molecule has 2 heterocycles. The fourth-order valence-corrected chi connectivity index (χ4v) is 2.80. The zero-order chi connectivity index (χ0) is 18.3. The van der Waals surface area contributed by atoms with Gasteiger partial charge in [-0.05, 0) is 36.4 Å². The summed E-state index contributed by atoms with van der Waals surface area (Å²) in [5.74, 6) is -0.580. The van der Waals surface area contributed by atoms with Gasteiger partial charge in [0, 0.05) is 5.56 Å². The van der Waals surface area contributed by atoms with Crippen molar-refractivity contribution in [2.24, 2.45) is 4.99 Å². The molecule has 0 fully saturated rings. The van der Waals surface area contributed by atoms with E-state index < -0.39 is 5.97 Å². The van der Waals surface area contributed by atoms with Gasteiger partial charge in [-0.3, -0.25) is 4.79 Å². The van der Waals surface area contributed by atoms with E-state index in [0.717, 1.165) is 0 Å². The van der Waals surface area contributed by atoms with E-state index >= 15 is 0 Å². The number of esters is 1. The van der Waals surface area contributed by atoms with Gasteiger partial charge in [0.05, 0.1) is 21.0 Å². The molecule has 128 valence electrons. The third-order valence-electron chi connectivity index (χ3n) is 3.79. The van der Waals surface area contributed by atoms with Gasteiger partial charge >= 0.3 is 5.97 Å². The topological polar surface area (TPSA) is 68.9 Å². The number of hydrogen-bond acceptors (Lipinski definition) is 5. The Kier molecular flexibility index (Phi) is 4.11. The Hall–Kier alpha value is -2.89. The summed E-state index contributed by atoms with van der Waals surface area (Å²) in [6, 6.07) is 11.6. The second-order valence-electron chi connectivity index (χ2n) is 5.48. The highest BCUT2D eigenvalue weighted by molar-refractivity contribution is 6.42. The lowest BCUT2D eigenvalue weighted by atomic mass is 10.1. The molecule has 7 heteroatoms. The van der Waals surface area contributed by atoms with Gasteiger partial charge in [0.2, 0.25) is 5.90 Å². The molecule has 0 saturated heterocycles. The Bertz CT molecular complexity index is 1180. The fourth-order valence-electron chi connectivity index (χ4n) is 2.50. The van der Waals surface area contributed by atoms with E-state index in [1.54, 1.807) is 42.5 Å². The molecule has 0 atom stereocenters. The van der Waals surface area contributed by atoms with Crippen molar-refractivity contribution in [2.45, 2.75) is 0 Å². The van der Waals surface area contributed by atoms with Crippen LogP contribution in [0.3, 0.4) is 0 Å². The molecule has 5 nitrogen and oxygen atoms in total. The van der Waals surface area contributed by atoms with Crippen molar-refractivity contribution >= 4 is 52.1 Å². The molecule has 26 heavy (non-hydrogen) atoms. The van der Waals surface area contributed by atoms with Gasteiger partial charge in [-0.2, -0.15) is 0 Å². The van der Waals surface area contributed by atoms with Gasteiger partial charge in [0.1, 0.15) is 11.8 Å². The van der Waals surface area contributed by atoms with Gasteiger partial charge in [-0.25, -0.2) is 9.79 Å². The summed E-state index contributed by atoms with van der Waals surface area (Å²) in [6.45, 7) is 0. The predicted octanol–water partition coefficient (Wildman–Crippen LogP) is 4.44. The minimum Gasteiger partial charge on any atom is -0.463 e. The van der Waals surface area contributed by atoms with Gasteiger partial charge in [0.15, 0.2) is 11.1 Å². The van der Waals surface area contributed by atoms with Crippen molar-refractivity contribution in [2.75, 3.05) is 0 Å². The highest BCUT2D eigenvalue weighted by Crippen LogP contribution is 2.25. The summed E-state index contributed by atoms with van der Waals surface area (Å²) in [4.78, 5) is 28.8. The Morgan fingerprint density at radius 2 is 1.81 bits per heavy atom. The molecule has 1 aromatic heterocycles. The molecule has 0 radical (unpaired) electrons. The second-order valence-corrected chi connectivity index (χ2v) is 6.30. The molecule has 0 bridgehead atoms. The van der Waals surface area contributed by atoms with Crippen LogP contribution in [0.25, 0.3) is 17.0 Å². The monoisotopic (exact) mass is 385 g/mol. The molecule has 4 rings (SSSR count). The van der Waals surface area contributed by atoms with E-state index in [1.165, 1.54) is 12.3 Å². The Labute approximate surface area is 157 Å². The van der Waals surface area contributed by atoms with Crippen LogP contribution >= 0.6 is 23.2 Å². The van der Waals surface area contributed by atoms with Crippen LogP contribution in [-0.4, -0.2) is 11.9 Å². The summed E-state index contributed by atoms with van der Waals surface area (Å²) >= 11 is 11.9. The Balaban J connectivity index is 1.77. The second kappa shape index (κ2) is 6.44. The first kappa shape index (κ1) is 16.6. The predicted molar refractivity (Wildman–Crippen MR) is 99.6 cm³/mol. The standard InChI is InChI=1S/C19H9Cl2NO4/c20-13-6-5-10(7-14(13)21)18-22-15(19(24)26-18)8-11-9-25-16-4-2-1-3-12(16)17(11)23/h1-9H/b15-8+. The van der Waals surface area contributed by atoms with E-state index in [1.807, 2.05) is 0 Å². The van der Waals surface area contributed by atoms with Crippen molar-refractivity contribution in [3.63, 3.8) is 0 Å². The van der Waals surface area contributed by atoms with Gasteiger partial charge in [-0.1, -0.05) is 35.3 Å². The number of cyclic esters (lactones) is 1. The zero-order valence-electron chi connectivity index (χ0n) is 13.0.